The van der Waals surface area contributed by atoms with E-state index in [-0.39, 0.29) is 6.04 Å². The first-order valence-corrected chi connectivity index (χ1v) is 10.0. The van der Waals surface area contributed by atoms with Crippen molar-refractivity contribution in [1.82, 2.24) is 14.9 Å². The molecule has 1 unspecified atom stereocenters. The molecular weight excluding hydrogens is 377 g/mol. The maximum absolute atomic E-state index is 6.23. The second kappa shape index (κ2) is 8.39. The summed E-state index contributed by atoms with van der Waals surface area (Å²) in [4.78, 5) is 11.8. The fraction of sp³-hybridized carbons (Fsp3) is 0.273. The third-order valence-corrected chi connectivity index (χ3v) is 5.49. The number of hydrogen-bond acceptors (Lipinski definition) is 3. The van der Waals surface area contributed by atoms with Gasteiger partial charge in [0.25, 0.3) is 0 Å². The number of rotatable bonds is 5. The van der Waals surface area contributed by atoms with Gasteiger partial charge in [0.1, 0.15) is 0 Å². The van der Waals surface area contributed by atoms with Crippen molar-refractivity contribution in [1.29, 1.82) is 0 Å². The summed E-state index contributed by atoms with van der Waals surface area (Å²) in [7, 11) is 0. The van der Waals surface area contributed by atoms with E-state index in [9.17, 15) is 0 Å². The minimum absolute atomic E-state index is 0.242. The van der Waals surface area contributed by atoms with E-state index in [2.05, 4.69) is 33.1 Å². The van der Waals surface area contributed by atoms with E-state index in [1.165, 1.54) is 18.4 Å². The maximum atomic E-state index is 6.23. The number of nitrogens with zero attached hydrogens (tertiary/aromatic N) is 3. The first kappa shape index (κ1) is 18.4. The van der Waals surface area contributed by atoms with E-state index >= 15 is 0 Å². The summed E-state index contributed by atoms with van der Waals surface area (Å²) in [6, 6.07) is 16.1. The van der Waals surface area contributed by atoms with Gasteiger partial charge in [-0.05, 0) is 74.3 Å². The van der Waals surface area contributed by atoms with Crippen LogP contribution < -0.4 is 0 Å². The predicted molar refractivity (Wildman–Crippen MR) is 111 cm³/mol. The molecule has 0 bridgehead atoms. The summed E-state index contributed by atoms with van der Waals surface area (Å²) < 4.78 is 0. The van der Waals surface area contributed by atoms with Crippen LogP contribution in [0.3, 0.4) is 0 Å². The third-order valence-electron chi connectivity index (χ3n) is 5.05. The van der Waals surface area contributed by atoms with Gasteiger partial charge in [-0.25, -0.2) is 0 Å². The Morgan fingerprint density at radius 3 is 2.33 bits per heavy atom. The molecule has 2 aromatic heterocycles. The summed E-state index contributed by atoms with van der Waals surface area (Å²) in [6.45, 7) is 2.22. The zero-order valence-electron chi connectivity index (χ0n) is 15.0. The molecule has 3 aromatic rings. The Bertz CT molecular complexity index is 888. The molecule has 1 fully saturated rings. The highest BCUT2D eigenvalue weighted by molar-refractivity contribution is 6.35. The van der Waals surface area contributed by atoms with Gasteiger partial charge in [-0.2, -0.15) is 0 Å². The van der Waals surface area contributed by atoms with Gasteiger partial charge in [-0.15, -0.1) is 0 Å². The number of pyridine rings is 2. The van der Waals surface area contributed by atoms with Gasteiger partial charge >= 0.3 is 0 Å². The fourth-order valence-corrected chi connectivity index (χ4v) is 4.34. The van der Waals surface area contributed by atoms with Gasteiger partial charge in [0.2, 0.25) is 0 Å². The van der Waals surface area contributed by atoms with E-state index in [4.69, 9.17) is 23.2 Å². The first-order valence-electron chi connectivity index (χ1n) is 9.26. The van der Waals surface area contributed by atoms with Gasteiger partial charge in [0.15, 0.2) is 0 Å². The second-order valence-corrected chi connectivity index (χ2v) is 7.76. The molecule has 1 aromatic carbocycles. The fourth-order valence-electron chi connectivity index (χ4n) is 3.81. The molecular formula is C22H21Cl2N3. The highest BCUT2D eigenvalue weighted by atomic mass is 35.5. The van der Waals surface area contributed by atoms with Gasteiger partial charge < -0.3 is 0 Å². The van der Waals surface area contributed by atoms with Crippen LogP contribution in [0.4, 0.5) is 0 Å². The van der Waals surface area contributed by atoms with Crippen molar-refractivity contribution in [2.75, 3.05) is 13.1 Å². The SMILES string of the molecule is Clc1cc(Cl)cc(-c2ncccc2CC(c2ccccn2)N2CCCC2)c1. The first-order chi connectivity index (χ1) is 13.2. The average molecular weight is 398 g/mol. The lowest BCUT2D eigenvalue weighted by Crippen LogP contribution is -2.28. The molecule has 138 valence electrons. The van der Waals surface area contributed by atoms with Crippen molar-refractivity contribution in [3.8, 4) is 11.3 Å². The monoisotopic (exact) mass is 397 g/mol. The lowest BCUT2D eigenvalue weighted by atomic mass is 9.97. The Balaban J connectivity index is 1.72. The Kier molecular flexibility index (Phi) is 5.72. The van der Waals surface area contributed by atoms with Crippen LogP contribution >= 0.6 is 23.2 Å². The highest BCUT2D eigenvalue weighted by Gasteiger charge is 2.25. The number of hydrogen-bond donors (Lipinski definition) is 0. The van der Waals surface area contributed by atoms with Crippen LogP contribution in [-0.2, 0) is 6.42 Å². The third kappa shape index (κ3) is 4.32. The second-order valence-electron chi connectivity index (χ2n) is 6.89. The minimum atomic E-state index is 0.242. The molecule has 1 saturated heterocycles. The lowest BCUT2D eigenvalue weighted by Gasteiger charge is -2.27. The Hall–Kier alpha value is -1.94. The zero-order valence-corrected chi connectivity index (χ0v) is 16.5. The van der Waals surface area contributed by atoms with Gasteiger partial charge in [0.05, 0.1) is 17.4 Å². The van der Waals surface area contributed by atoms with Gasteiger partial charge in [-0.3, -0.25) is 14.9 Å². The summed E-state index contributed by atoms with van der Waals surface area (Å²) in [5.41, 5.74) is 4.17. The molecule has 0 saturated carbocycles. The van der Waals surface area contributed by atoms with Crippen LogP contribution in [0, 0.1) is 0 Å². The van der Waals surface area contributed by atoms with E-state index in [0.29, 0.717) is 10.0 Å². The smallest absolute Gasteiger partial charge is 0.0735 e. The van der Waals surface area contributed by atoms with Crippen LogP contribution in [0.2, 0.25) is 10.0 Å². The van der Waals surface area contributed by atoms with Crippen molar-refractivity contribution < 1.29 is 0 Å². The van der Waals surface area contributed by atoms with Crippen LogP contribution in [0.15, 0.2) is 60.9 Å². The van der Waals surface area contributed by atoms with Gasteiger partial charge in [0, 0.05) is 28.0 Å². The van der Waals surface area contributed by atoms with Crippen molar-refractivity contribution in [2.24, 2.45) is 0 Å². The highest BCUT2D eigenvalue weighted by Crippen LogP contribution is 2.33. The van der Waals surface area contributed by atoms with Crippen LogP contribution in [0.1, 0.15) is 30.1 Å². The Morgan fingerprint density at radius 1 is 0.889 bits per heavy atom. The molecule has 1 aliphatic heterocycles. The molecule has 0 spiro atoms. The zero-order chi connectivity index (χ0) is 18.6. The van der Waals surface area contributed by atoms with Gasteiger partial charge in [-0.1, -0.05) is 35.3 Å². The molecule has 0 aliphatic carbocycles. The molecule has 5 heteroatoms. The van der Waals surface area contributed by atoms with Crippen molar-refractivity contribution in [2.45, 2.75) is 25.3 Å². The molecule has 3 nitrogen and oxygen atoms in total. The normalized spacial score (nSPS) is 15.8. The molecule has 0 N–H and O–H groups in total. The molecule has 3 heterocycles. The van der Waals surface area contributed by atoms with Crippen molar-refractivity contribution in [3.63, 3.8) is 0 Å². The quantitative estimate of drug-likeness (QED) is 0.542. The number of aromatic nitrogens is 2. The summed E-state index contributed by atoms with van der Waals surface area (Å²) in [5, 5.41) is 1.24. The maximum Gasteiger partial charge on any atom is 0.0735 e. The van der Waals surface area contributed by atoms with E-state index in [0.717, 1.165) is 36.5 Å². The lowest BCUT2D eigenvalue weighted by molar-refractivity contribution is 0.239. The number of likely N-dealkylation sites (tertiary alicyclic amines) is 1. The largest absolute Gasteiger partial charge is 0.294 e. The molecule has 0 radical (unpaired) electrons. The summed E-state index contributed by atoms with van der Waals surface area (Å²) in [5.74, 6) is 0. The summed E-state index contributed by atoms with van der Waals surface area (Å²) >= 11 is 12.5. The number of benzene rings is 1. The van der Waals surface area contributed by atoms with E-state index in [1.807, 2.05) is 36.7 Å². The number of halogens is 2. The van der Waals surface area contributed by atoms with Crippen LogP contribution in [-0.4, -0.2) is 28.0 Å². The molecule has 4 rings (SSSR count). The Labute approximate surface area is 170 Å². The minimum Gasteiger partial charge on any atom is -0.294 e. The van der Waals surface area contributed by atoms with E-state index in [1.54, 1.807) is 6.07 Å². The average Bonchev–Trinajstić information content (AvgIpc) is 3.21. The molecule has 1 atom stereocenters. The van der Waals surface area contributed by atoms with Crippen molar-refractivity contribution >= 4 is 23.2 Å². The van der Waals surface area contributed by atoms with Crippen LogP contribution in [0.25, 0.3) is 11.3 Å². The molecule has 1 aliphatic rings. The topological polar surface area (TPSA) is 29.0 Å². The van der Waals surface area contributed by atoms with Crippen molar-refractivity contribution in [3.05, 3.63) is 82.2 Å². The summed E-state index contributed by atoms with van der Waals surface area (Å²) in [6.07, 6.45) is 7.03. The van der Waals surface area contributed by atoms with E-state index < -0.39 is 0 Å². The standard InChI is InChI=1S/C22H21Cl2N3/c23-18-12-17(13-19(24)15-18)22-16(6-5-9-26-22)14-21(27-10-3-4-11-27)20-7-1-2-8-25-20/h1-2,5-9,12-13,15,21H,3-4,10-11,14H2. The molecule has 27 heavy (non-hydrogen) atoms. The molecule has 0 amide bonds. The van der Waals surface area contributed by atoms with Crippen LogP contribution in [0.5, 0.6) is 0 Å². The Morgan fingerprint density at radius 2 is 1.63 bits per heavy atom. The predicted octanol–water partition coefficient (Wildman–Crippen LogP) is 5.83.